The highest BCUT2D eigenvalue weighted by Gasteiger charge is 2.17. The van der Waals surface area contributed by atoms with Crippen LogP contribution in [0.5, 0.6) is 0 Å². The van der Waals surface area contributed by atoms with E-state index < -0.39 is 15.9 Å². The number of amides is 1. The molecule has 0 atom stereocenters. The van der Waals surface area contributed by atoms with Gasteiger partial charge in [0, 0.05) is 12.3 Å². The molecular formula is C11H10ClN3O4S2. The molecule has 0 saturated carbocycles. The number of hydrazine groups is 1. The summed E-state index contributed by atoms with van der Waals surface area (Å²) in [6, 6.07) is 7.19. The first-order chi connectivity index (χ1) is 9.88. The lowest BCUT2D eigenvalue weighted by Gasteiger charge is -2.08. The first-order valence-corrected chi connectivity index (χ1v) is 8.28. The van der Waals surface area contributed by atoms with E-state index in [2.05, 4.69) is 0 Å². The first-order valence-electron chi connectivity index (χ1n) is 5.60. The zero-order chi connectivity index (χ0) is 15.5. The minimum Gasteiger partial charge on any atom is -0.306 e. The first kappa shape index (κ1) is 15.7. The number of nitrogens with one attached hydrogen (secondary N) is 2. The Morgan fingerprint density at radius 3 is 2.67 bits per heavy atom. The van der Waals surface area contributed by atoms with Crippen molar-refractivity contribution in [3.8, 4) is 0 Å². The van der Waals surface area contributed by atoms with Gasteiger partial charge in [-0.1, -0.05) is 17.7 Å². The lowest BCUT2D eigenvalue weighted by molar-refractivity contribution is -0.122. The summed E-state index contributed by atoms with van der Waals surface area (Å²) in [5, 5.41) is 0. The highest BCUT2D eigenvalue weighted by molar-refractivity contribution is 7.91. The number of carbonyl (C=O) groups excluding carboxylic acids is 1. The zero-order valence-corrected chi connectivity index (χ0v) is 12.8. The summed E-state index contributed by atoms with van der Waals surface area (Å²) in [6.07, 6.45) is 1.43. The van der Waals surface area contributed by atoms with Crippen LogP contribution < -0.4 is 15.8 Å². The molecule has 0 radical (unpaired) electrons. The van der Waals surface area contributed by atoms with Gasteiger partial charge in [-0.2, -0.15) is 0 Å². The monoisotopic (exact) mass is 347 g/mol. The number of rotatable bonds is 5. The van der Waals surface area contributed by atoms with Crippen molar-refractivity contribution in [2.45, 2.75) is 10.8 Å². The van der Waals surface area contributed by atoms with Gasteiger partial charge in [0.25, 0.3) is 21.5 Å². The third-order valence-electron chi connectivity index (χ3n) is 2.35. The van der Waals surface area contributed by atoms with Crippen LogP contribution in [0.4, 0.5) is 0 Å². The molecule has 2 aromatic rings. The van der Waals surface area contributed by atoms with Gasteiger partial charge in [-0.15, -0.1) is 16.2 Å². The maximum Gasteiger partial charge on any atom is 0.266 e. The van der Waals surface area contributed by atoms with Crippen LogP contribution in [0.2, 0.25) is 4.34 Å². The van der Waals surface area contributed by atoms with Crippen molar-refractivity contribution in [3.05, 3.63) is 51.2 Å². The van der Waals surface area contributed by atoms with E-state index in [1.165, 1.54) is 24.4 Å². The van der Waals surface area contributed by atoms with E-state index in [9.17, 15) is 18.0 Å². The summed E-state index contributed by atoms with van der Waals surface area (Å²) in [4.78, 5) is 25.0. The van der Waals surface area contributed by atoms with Gasteiger partial charge >= 0.3 is 0 Å². The van der Waals surface area contributed by atoms with Gasteiger partial charge < -0.3 is 4.57 Å². The van der Waals surface area contributed by atoms with E-state index in [4.69, 9.17) is 11.6 Å². The number of pyridine rings is 1. The standard InChI is InChI=1S/C11H10ClN3O4S2/c12-8-4-5-11(20-8)21(18,19)14-13-9(16)7-15-6-2-1-3-10(15)17/h1-6,14H,7H2,(H,13,16). The molecule has 2 aromatic heterocycles. The van der Waals surface area contributed by atoms with Crippen LogP contribution in [0.25, 0.3) is 0 Å². The van der Waals surface area contributed by atoms with E-state index in [0.29, 0.717) is 4.34 Å². The second-order valence-corrected chi connectivity index (χ2v) is 7.50. The molecule has 2 rings (SSSR count). The predicted octanol–water partition coefficient (Wildman–Crippen LogP) is 0.573. The van der Waals surface area contributed by atoms with Crippen LogP contribution in [0, 0.1) is 0 Å². The Hall–Kier alpha value is -1.68. The normalized spacial score (nSPS) is 11.3. The molecule has 2 heterocycles. The summed E-state index contributed by atoms with van der Waals surface area (Å²) in [6.45, 7) is -0.298. The van der Waals surface area contributed by atoms with Crippen LogP contribution in [0.1, 0.15) is 0 Å². The van der Waals surface area contributed by atoms with E-state index in [0.717, 1.165) is 15.9 Å². The summed E-state index contributed by atoms with van der Waals surface area (Å²) in [7, 11) is -3.87. The van der Waals surface area contributed by atoms with Crippen molar-refractivity contribution >= 4 is 38.9 Å². The number of carbonyl (C=O) groups is 1. The fourth-order valence-electron chi connectivity index (χ4n) is 1.40. The molecular weight excluding hydrogens is 338 g/mol. The summed E-state index contributed by atoms with van der Waals surface area (Å²) >= 11 is 6.52. The Balaban J connectivity index is 1.98. The second-order valence-electron chi connectivity index (χ2n) is 3.88. The summed E-state index contributed by atoms with van der Waals surface area (Å²) < 4.78 is 25.1. The highest BCUT2D eigenvalue weighted by Crippen LogP contribution is 2.24. The largest absolute Gasteiger partial charge is 0.306 e. The van der Waals surface area contributed by atoms with Gasteiger partial charge in [-0.25, -0.2) is 8.42 Å². The van der Waals surface area contributed by atoms with E-state index in [1.54, 1.807) is 12.1 Å². The predicted molar refractivity (Wildman–Crippen MR) is 78.5 cm³/mol. The quantitative estimate of drug-likeness (QED) is 0.773. The van der Waals surface area contributed by atoms with E-state index in [-0.39, 0.29) is 16.3 Å². The second kappa shape index (κ2) is 6.39. The molecule has 0 aliphatic heterocycles. The molecule has 10 heteroatoms. The number of nitrogens with zero attached hydrogens (tertiary/aromatic N) is 1. The highest BCUT2D eigenvalue weighted by atomic mass is 35.5. The number of thiophene rings is 1. The van der Waals surface area contributed by atoms with Crippen LogP contribution >= 0.6 is 22.9 Å². The van der Waals surface area contributed by atoms with Crippen molar-refractivity contribution in [2.24, 2.45) is 0 Å². The Bertz CT molecular complexity index is 813. The number of hydrogen-bond donors (Lipinski definition) is 2. The molecule has 2 N–H and O–H groups in total. The van der Waals surface area contributed by atoms with Gasteiger partial charge in [0.2, 0.25) is 0 Å². The van der Waals surface area contributed by atoms with E-state index >= 15 is 0 Å². The fourth-order valence-corrected chi connectivity index (χ4v) is 3.75. The summed E-state index contributed by atoms with van der Waals surface area (Å²) in [5.41, 5.74) is 1.67. The number of halogens is 1. The van der Waals surface area contributed by atoms with Crippen LogP contribution in [-0.4, -0.2) is 18.9 Å². The molecule has 7 nitrogen and oxygen atoms in total. The molecule has 0 saturated heterocycles. The third kappa shape index (κ3) is 4.14. The van der Waals surface area contributed by atoms with Crippen molar-refractivity contribution < 1.29 is 13.2 Å². The summed E-state index contributed by atoms with van der Waals surface area (Å²) in [5.74, 6) is -0.672. The SMILES string of the molecule is O=C(Cn1ccccc1=O)NNS(=O)(=O)c1ccc(Cl)s1. The average Bonchev–Trinajstić information content (AvgIpc) is 2.87. The smallest absolute Gasteiger partial charge is 0.266 e. The Kier molecular flexibility index (Phi) is 4.78. The molecule has 1 amide bonds. The van der Waals surface area contributed by atoms with Crippen LogP contribution in [0.3, 0.4) is 0 Å². The van der Waals surface area contributed by atoms with Crippen molar-refractivity contribution in [1.82, 2.24) is 14.8 Å². The minimum absolute atomic E-state index is 0.0234. The fraction of sp³-hybridized carbons (Fsp3) is 0.0909. The molecule has 0 aliphatic carbocycles. The van der Waals surface area contributed by atoms with Crippen LogP contribution in [-0.2, 0) is 21.4 Å². The average molecular weight is 348 g/mol. The third-order valence-corrected chi connectivity index (χ3v) is 5.32. The van der Waals surface area contributed by atoms with Crippen LogP contribution in [0.15, 0.2) is 45.5 Å². The number of hydrogen-bond acceptors (Lipinski definition) is 5. The number of sulfonamides is 1. The van der Waals surface area contributed by atoms with Gasteiger partial charge in [-0.3, -0.25) is 15.0 Å². The molecule has 0 fully saturated rings. The lowest BCUT2D eigenvalue weighted by atomic mass is 10.4. The molecule has 112 valence electrons. The molecule has 21 heavy (non-hydrogen) atoms. The molecule has 0 bridgehead atoms. The molecule has 0 spiro atoms. The van der Waals surface area contributed by atoms with Crippen molar-refractivity contribution in [3.63, 3.8) is 0 Å². The topological polar surface area (TPSA) is 97.3 Å². The minimum atomic E-state index is -3.87. The zero-order valence-electron chi connectivity index (χ0n) is 10.4. The Labute approximate surface area is 129 Å². The Morgan fingerprint density at radius 1 is 1.29 bits per heavy atom. The molecule has 0 aliphatic rings. The molecule has 0 unspecified atom stereocenters. The van der Waals surface area contributed by atoms with Crippen molar-refractivity contribution in [2.75, 3.05) is 0 Å². The lowest BCUT2D eigenvalue weighted by Crippen LogP contribution is -2.43. The Morgan fingerprint density at radius 2 is 2.05 bits per heavy atom. The van der Waals surface area contributed by atoms with Crippen molar-refractivity contribution in [1.29, 1.82) is 0 Å². The maximum atomic E-state index is 11.8. The van der Waals surface area contributed by atoms with Gasteiger partial charge in [0.1, 0.15) is 10.8 Å². The van der Waals surface area contributed by atoms with E-state index in [1.807, 2.05) is 10.3 Å². The van der Waals surface area contributed by atoms with Gasteiger partial charge in [0.15, 0.2) is 0 Å². The molecule has 0 aromatic carbocycles. The van der Waals surface area contributed by atoms with Gasteiger partial charge in [0.05, 0.1) is 4.34 Å². The van der Waals surface area contributed by atoms with Gasteiger partial charge in [-0.05, 0) is 18.2 Å². The number of aromatic nitrogens is 1. The maximum absolute atomic E-state index is 11.8.